The normalized spacial score (nSPS) is 15.7. The number of carbonyl (C=O) groups excluding carboxylic acids is 1. The molecule has 1 aliphatic heterocycles. The Hall–Kier alpha value is -1.69. The molecule has 6 heteroatoms. The molecule has 92 valence electrons. The second kappa shape index (κ2) is 5.58. The second-order valence-corrected chi connectivity index (χ2v) is 3.83. The Bertz CT molecular complexity index is 389. The Morgan fingerprint density at radius 1 is 1.41 bits per heavy atom. The van der Waals surface area contributed by atoms with E-state index in [2.05, 4.69) is 20.6 Å². The first-order valence-electron chi connectivity index (χ1n) is 5.87. The smallest absolute Gasteiger partial charge is 0.276 e. The van der Waals surface area contributed by atoms with Crippen molar-refractivity contribution in [1.82, 2.24) is 20.2 Å². The van der Waals surface area contributed by atoms with Gasteiger partial charge in [0.25, 0.3) is 5.91 Å². The zero-order chi connectivity index (χ0) is 12.1. The number of nitrogens with zero attached hydrogens (tertiary/aromatic N) is 3. The van der Waals surface area contributed by atoms with Crippen LogP contribution in [-0.4, -0.2) is 53.5 Å². The molecule has 1 amide bonds. The SMILES string of the molecule is CCNc1nccnc1C(=O)N1CCNCC1. The number of anilines is 1. The molecule has 1 saturated heterocycles. The Morgan fingerprint density at radius 2 is 2.12 bits per heavy atom. The lowest BCUT2D eigenvalue weighted by molar-refractivity contribution is 0.0730. The highest BCUT2D eigenvalue weighted by atomic mass is 16.2. The van der Waals surface area contributed by atoms with Crippen LogP contribution in [0.2, 0.25) is 0 Å². The number of amides is 1. The highest BCUT2D eigenvalue weighted by Crippen LogP contribution is 2.11. The second-order valence-electron chi connectivity index (χ2n) is 3.83. The van der Waals surface area contributed by atoms with Gasteiger partial charge >= 0.3 is 0 Å². The molecule has 0 unspecified atom stereocenters. The third kappa shape index (κ3) is 2.71. The third-order valence-electron chi connectivity index (χ3n) is 2.65. The van der Waals surface area contributed by atoms with Crippen molar-refractivity contribution >= 4 is 11.7 Å². The Morgan fingerprint density at radius 3 is 2.82 bits per heavy atom. The number of carbonyl (C=O) groups is 1. The lowest BCUT2D eigenvalue weighted by Gasteiger charge is -2.27. The molecule has 0 radical (unpaired) electrons. The Kier molecular flexibility index (Phi) is 3.87. The van der Waals surface area contributed by atoms with Gasteiger partial charge in [0.05, 0.1) is 0 Å². The maximum Gasteiger partial charge on any atom is 0.276 e. The van der Waals surface area contributed by atoms with Crippen LogP contribution in [0.4, 0.5) is 5.82 Å². The van der Waals surface area contributed by atoms with Gasteiger partial charge in [0.1, 0.15) is 0 Å². The minimum Gasteiger partial charge on any atom is -0.368 e. The maximum absolute atomic E-state index is 12.3. The minimum absolute atomic E-state index is 0.0458. The summed E-state index contributed by atoms with van der Waals surface area (Å²) in [5.74, 6) is 0.522. The highest BCUT2D eigenvalue weighted by molar-refractivity contribution is 5.96. The van der Waals surface area contributed by atoms with Gasteiger partial charge in [-0.1, -0.05) is 0 Å². The Balaban J connectivity index is 2.17. The summed E-state index contributed by atoms with van der Waals surface area (Å²) >= 11 is 0. The van der Waals surface area contributed by atoms with Crippen LogP contribution in [0.25, 0.3) is 0 Å². The molecule has 0 aliphatic carbocycles. The Labute approximate surface area is 100 Å². The molecule has 6 nitrogen and oxygen atoms in total. The van der Waals surface area contributed by atoms with Gasteiger partial charge in [0.15, 0.2) is 11.5 Å². The summed E-state index contributed by atoms with van der Waals surface area (Å²) in [6, 6.07) is 0. The monoisotopic (exact) mass is 235 g/mol. The fourth-order valence-corrected chi connectivity index (χ4v) is 1.81. The zero-order valence-corrected chi connectivity index (χ0v) is 9.94. The predicted molar refractivity (Wildman–Crippen MR) is 65.0 cm³/mol. The van der Waals surface area contributed by atoms with Crippen LogP contribution in [0.3, 0.4) is 0 Å². The van der Waals surface area contributed by atoms with E-state index in [0.717, 1.165) is 32.7 Å². The number of piperazine rings is 1. The maximum atomic E-state index is 12.3. The van der Waals surface area contributed by atoms with Crippen molar-refractivity contribution in [2.24, 2.45) is 0 Å². The molecule has 2 N–H and O–H groups in total. The number of aromatic nitrogens is 2. The van der Waals surface area contributed by atoms with Crippen molar-refractivity contribution in [3.8, 4) is 0 Å². The van der Waals surface area contributed by atoms with E-state index in [9.17, 15) is 4.79 Å². The lowest BCUT2D eigenvalue weighted by Crippen LogP contribution is -2.46. The molecule has 1 aromatic rings. The van der Waals surface area contributed by atoms with E-state index in [1.165, 1.54) is 0 Å². The van der Waals surface area contributed by atoms with Crippen LogP contribution in [0.1, 0.15) is 17.4 Å². The molecule has 0 bridgehead atoms. The predicted octanol–water partition coefficient (Wildman–Crippen LogP) is -0.0462. The largest absolute Gasteiger partial charge is 0.368 e. The van der Waals surface area contributed by atoms with E-state index in [4.69, 9.17) is 0 Å². The topological polar surface area (TPSA) is 70.2 Å². The van der Waals surface area contributed by atoms with E-state index < -0.39 is 0 Å². The summed E-state index contributed by atoms with van der Waals surface area (Å²) in [6.45, 7) is 5.81. The first kappa shape index (κ1) is 11.8. The van der Waals surface area contributed by atoms with Crippen LogP contribution < -0.4 is 10.6 Å². The third-order valence-corrected chi connectivity index (χ3v) is 2.65. The van der Waals surface area contributed by atoms with Gasteiger partial charge in [0, 0.05) is 45.1 Å². The summed E-state index contributed by atoms with van der Waals surface area (Å²) in [5, 5.41) is 6.27. The van der Waals surface area contributed by atoms with Crippen molar-refractivity contribution < 1.29 is 4.79 Å². The van der Waals surface area contributed by atoms with Crippen LogP contribution in [0, 0.1) is 0 Å². The van der Waals surface area contributed by atoms with E-state index in [0.29, 0.717) is 11.5 Å². The van der Waals surface area contributed by atoms with Gasteiger partial charge in [-0.3, -0.25) is 4.79 Å². The molecule has 2 heterocycles. The molecule has 1 fully saturated rings. The quantitative estimate of drug-likeness (QED) is 0.769. The van der Waals surface area contributed by atoms with Crippen LogP contribution in [0.15, 0.2) is 12.4 Å². The summed E-state index contributed by atoms with van der Waals surface area (Å²) in [4.78, 5) is 22.3. The van der Waals surface area contributed by atoms with Crippen molar-refractivity contribution in [2.75, 3.05) is 38.0 Å². The highest BCUT2D eigenvalue weighted by Gasteiger charge is 2.22. The van der Waals surface area contributed by atoms with Crippen molar-refractivity contribution in [3.05, 3.63) is 18.1 Å². The van der Waals surface area contributed by atoms with E-state index in [-0.39, 0.29) is 5.91 Å². The van der Waals surface area contributed by atoms with Crippen LogP contribution >= 0.6 is 0 Å². The van der Waals surface area contributed by atoms with Crippen LogP contribution in [0.5, 0.6) is 0 Å². The van der Waals surface area contributed by atoms with Gasteiger partial charge < -0.3 is 15.5 Å². The molecule has 2 rings (SSSR count). The lowest BCUT2D eigenvalue weighted by atomic mass is 10.3. The summed E-state index contributed by atoms with van der Waals surface area (Å²) in [6.07, 6.45) is 3.14. The van der Waals surface area contributed by atoms with Gasteiger partial charge in [-0.15, -0.1) is 0 Å². The van der Waals surface area contributed by atoms with Crippen molar-refractivity contribution in [1.29, 1.82) is 0 Å². The first-order chi connectivity index (χ1) is 8.33. The minimum atomic E-state index is -0.0458. The molecule has 0 spiro atoms. The van der Waals surface area contributed by atoms with Gasteiger partial charge in [-0.2, -0.15) is 0 Å². The standard InChI is InChI=1S/C11H17N5O/c1-2-13-10-9(14-3-4-15-10)11(17)16-7-5-12-6-8-16/h3-4,12H,2,5-8H2,1H3,(H,13,15). The number of hydrogen-bond acceptors (Lipinski definition) is 5. The average Bonchev–Trinajstić information content (AvgIpc) is 2.40. The zero-order valence-electron chi connectivity index (χ0n) is 9.94. The summed E-state index contributed by atoms with van der Waals surface area (Å²) in [7, 11) is 0. The molecule has 0 atom stereocenters. The van der Waals surface area contributed by atoms with Gasteiger partial charge in [-0.05, 0) is 6.92 Å². The molecule has 1 aliphatic rings. The van der Waals surface area contributed by atoms with Crippen molar-refractivity contribution in [3.63, 3.8) is 0 Å². The molecule has 17 heavy (non-hydrogen) atoms. The summed E-state index contributed by atoms with van der Waals surface area (Å²) < 4.78 is 0. The average molecular weight is 235 g/mol. The fraction of sp³-hybridized carbons (Fsp3) is 0.545. The van der Waals surface area contributed by atoms with Gasteiger partial charge in [-0.25, -0.2) is 9.97 Å². The van der Waals surface area contributed by atoms with E-state index >= 15 is 0 Å². The van der Waals surface area contributed by atoms with Crippen LogP contribution in [-0.2, 0) is 0 Å². The number of hydrogen-bond donors (Lipinski definition) is 2. The van der Waals surface area contributed by atoms with E-state index in [1.54, 1.807) is 17.3 Å². The molecule has 0 saturated carbocycles. The fourth-order valence-electron chi connectivity index (χ4n) is 1.81. The first-order valence-corrected chi connectivity index (χ1v) is 5.87. The molecular weight excluding hydrogens is 218 g/mol. The molecule has 0 aromatic carbocycles. The van der Waals surface area contributed by atoms with E-state index in [1.807, 2.05) is 6.92 Å². The van der Waals surface area contributed by atoms with Gasteiger partial charge in [0.2, 0.25) is 0 Å². The van der Waals surface area contributed by atoms with Crippen molar-refractivity contribution in [2.45, 2.75) is 6.92 Å². The number of nitrogens with one attached hydrogen (secondary N) is 2. The summed E-state index contributed by atoms with van der Waals surface area (Å²) in [5.41, 5.74) is 0.413. The molecule has 1 aromatic heterocycles. The molecular formula is C11H17N5O. The number of rotatable bonds is 3.